The fourth-order valence-electron chi connectivity index (χ4n) is 4.94. The van der Waals surface area contributed by atoms with E-state index < -0.39 is 0 Å². The van der Waals surface area contributed by atoms with Gasteiger partial charge in [0.15, 0.2) is 0 Å². The highest BCUT2D eigenvalue weighted by Gasteiger charge is 2.32. The molecular weight excluding hydrogens is 356 g/mol. The van der Waals surface area contributed by atoms with Crippen molar-refractivity contribution in [1.82, 2.24) is 10.2 Å². The number of nitrogens with one attached hydrogen (secondary N) is 1. The Morgan fingerprint density at radius 1 is 1.19 bits per heavy atom. The number of benzene rings is 1. The van der Waals surface area contributed by atoms with Gasteiger partial charge < -0.3 is 10.2 Å². The van der Waals surface area contributed by atoms with Crippen LogP contribution in [0.1, 0.15) is 68.9 Å². The lowest BCUT2D eigenvalue weighted by molar-refractivity contribution is -0.123. The smallest absolute Gasteiger partial charge is 0.223 e. The Kier molecular flexibility index (Phi) is 6.08. The normalized spacial score (nSPS) is 29.0. The Labute approximate surface area is 168 Å². The average molecular weight is 389 g/mol. The zero-order chi connectivity index (χ0) is 18.8. The fraction of sp³-hybridized carbons (Fsp3) is 0.696. The third-order valence-corrected chi connectivity index (χ3v) is 7.10. The third-order valence-electron chi connectivity index (χ3n) is 6.86. The van der Waals surface area contributed by atoms with Crippen LogP contribution in [0.25, 0.3) is 0 Å². The van der Waals surface area contributed by atoms with E-state index in [0.717, 1.165) is 43.3 Å². The second-order valence-corrected chi connectivity index (χ2v) is 9.52. The molecule has 1 atom stereocenters. The van der Waals surface area contributed by atoms with Crippen molar-refractivity contribution in [2.75, 3.05) is 19.6 Å². The minimum atomic E-state index is 0.316. The van der Waals surface area contributed by atoms with Crippen LogP contribution in [-0.4, -0.2) is 36.5 Å². The lowest BCUT2D eigenvalue weighted by atomic mass is 9.84. The van der Waals surface area contributed by atoms with E-state index in [9.17, 15) is 4.79 Å². The molecule has 0 radical (unpaired) electrons. The van der Waals surface area contributed by atoms with Crippen molar-refractivity contribution in [3.8, 4) is 0 Å². The minimum Gasteiger partial charge on any atom is -0.353 e. The average Bonchev–Trinajstić information content (AvgIpc) is 3.51. The number of carbonyl (C=O) groups excluding carboxylic acids is 1. The van der Waals surface area contributed by atoms with E-state index >= 15 is 0 Å². The Bertz CT molecular complexity index is 664. The molecule has 1 aromatic rings. The van der Waals surface area contributed by atoms with Gasteiger partial charge in [0.1, 0.15) is 0 Å². The highest BCUT2D eigenvalue weighted by molar-refractivity contribution is 6.30. The SMILES string of the molecule is C[C@H]1CN(CCC2CCC(NC(=O)C3CC3)CC2)CCc2ccc(Cl)cc21. The number of carbonyl (C=O) groups is 1. The number of hydrogen-bond donors (Lipinski definition) is 1. The Morgan fingerprint density at radius 2 is 1.96 bits per heavy atom. The highest BCUT2D eigenvalue weighted by atomic mass is 35.5. The number of nitrogens with zero attached hydrogens (tertiary/aromatic N) is 1. The molecule has 1 N–H and O–H groups in total. The van der Waals surface area contributed by atoms with Crippen LogP contribution in [-0.2, 0) is 11.2 Å². The van der Waals surface area contributed by atoms with Crippen molar-refractivity contribution in [2.45, 2.75) is 70.3 Å². The third kappa shape index (κ3) is 5.06. The second kappa shape index (κ2) is 8.53. The molecule has 0 aromatic heterocycles. The van der Waals surface area contributed by atoms with Crippen LogP contribution >= 0.6 is 11.6 Å². The summed E-state index contributed by atoms with van der Waals surface area (Å²) in [4.78, 5) is 14.6. The van der Waals surface area contributed by atoms with E-state index in [2.05, 4.69) is 29.3 Å². The first kappa shape index (κ1) is 19.3. The van der Waals surface area contributed by atoms with Gasteiger partial charge in [-0.2, -0.15) is 0 Å². The van der Waals surface area contributed by atoms with Crippen LogP contribution in [0.15, 0.2) is 18.2 Å². The van der Waals surface area contributed by atoms with E-state index in [-0.39, 0.29) is 0 Å². The summed E-state index contributed by atoms with van der Waals surface area (Å²) in [7, 11) is 0. The molecule has 2 fully saturated rings. The van der Waals surface area contributed by atoms with Gasteiger partial charge >= 0.3 is 0 Å². The second-order valence-electron chi connectivity index (χ2n) is 9.08. The van der Waals surface area contributed by atoms with Crippen molar-refractivity contribution < 1.29 is 4.79 Å². The molecule has 0 spiro atoms. The van der Waals surface area contributed by atoms with Gasteiger partial charge in [0.2, 0.25) is 5.91 Å². The van der Waals surface area contributed by atoms with Crippen LogP contribution < -0.4 is 5.32 Å². The molecule has 3 nitrogen and oxygen atoms in total. The van der Waals surface area contributed by atoms with Crippen LogP contribution in [0.3, 0.4) is 0 Å². The molecule has 1 amide bonds. The quantitative estimate of drug-likeness (QED) is 0.787. The van der Waals surface area contributed by atoms with Gasteiger partial charge in [-0.15, -0.1) is 0 Å². The maximum Gasteiger partial charge on any atom is 0.223 e. The molecule has 4 rings (SSSR count). The molecule has 4 heteroatoms. The minimum absolute atomic E-state index is 0.316. The molecule has 0 saturated heterocycles. The molecule has 3 aliphatic rings. The summed E-state index contributed by atoms with van der Waals surface area (Å²) in [6.07, 6.45) is 9.53. The van der Waals surface area contributed by atoms with Gasteiger partial charge in [-0.25, -0.2) is 0 Å². The maximum absolute atomic E-state index is 11.9. The zero-order valence-corrected chi connectivity index (χ0v) is 17.3. The first-order valence-corrected chi connectivity index (χ1v) is 11.3. The molecule has 148 valence electrons. The van der Waals surface area contributed by atoms with Gasteiger partial charge in [0.25, 0.3) is 0 Å². The molecule has 0 bridgehead atoms. The number of rotatable bonds is 5. The topological polar surface area (TPSA) is 32.3 Å². The van der Waals surface area contributed by atoms with Gasteiger partial charge in [0, 0.05) is 30.1 Å². The van der Waals surface area contributed by atoms with Crippen molar-refractivity contribution in [3.63, 3.8) is 0 Å². The summed E-state index contributed by atoms with van der Waals surface area (Å²) in [5, 5.41) is 4.14. The number of hydrogen-bond acceptors (Lipinski definition) is 2. The monoisotopic (exact) mass is 388 g/mol. The van der Waals surface area contributed by atoms with Gasteiger partial charge in [-0.05, 0) is 93.0 Å². The summed E-state index contributed by atoms with van der Waals surface area (Å²) >= 11 is 6.22. The predicted molar refractivity (Wildman–Crippen MR) is 111 cm³/mol. The van der Waals surface area contributed by atoms with E-state index in [1.54, 1.807) is 0 Å². The molecular formula is C23H33ClN2O. The number of fused-ring (bicyclic) bond motifs is 1. The van der Waals surface area contributed by atoms with E-state index in [0.29, 0.717) is 23.8 Å². The lowest BCUT2D eigenvalue weighted by Crippen LogP contribution is -2.39. The first-order chi connectivity index (χ1) is 13.1. The molecule has 1 aliphatic heterocycles. The van der Waals surface area contributed by atoms with Crippen LogP contribution in [0.5, 0.6) is 0 Å². The molecule has 0 unspecified atom stereocenters. The molecule has 2 saturated carbocycles. The Morgan fingerprint density at radius 3 is 2.70 bits per heavy atom. The van der Waals surface area contributed by atoms with Crippen LogP contribution in [0, 0.1) is 11.8 Å². The summed E-state index contributed by atoms with van der Waals surface area (Å²) < 4.78 is 0. The maximum atomic E-state index is 11.9. The number of halogens is 1. The van der Waals surface area contributed by atoms with Crippen molar-refractivity contribution >= 4 is 17.5 Å². The molecule has 2 aliphatic carbocycles. The van der Waals surface area contributed by atoms with Crippen molar-refractivity contribution in [3.05, 3.63) is 34.3 Å². The van der Waals surface area contributed by atoms with Crippen LogP contribution in [0.4, 0.5) is 0 Å². The highest BCUT2D eigenvalue weighted by Crippen LogP contribution is 2.32. The predicted octanol–water partition coefficient (Wildman–Crippen LogP) is 4.78. The van der Waals surface area contributed by atoms with Crippen molar-refractivity contribution in [2.24, 2.45) is 11.8 Å². The summed E-state index contributed by atoms with van der Waals surface area (Å²) in [5.74, 6) is 2.03. The zero-order valence-electron chi connectivity index (χ0n) is 16.6. The first-order valence-electron chi connectivity index (χ1n) is 10.9. The molecule has 27 heavy (non-hydrogen) atoms. The van der Waals surface area contributed by atoms with E-state index in [1.165, 1.54) is 49.8 Å². The van der Waals surface area contributed by atoms with Gasteiger partial charge in [0.05, 0.1) is 0 Å². The summed E-state index contributed by atoms with van der Waals surface area (Å²) in [6, 6.07) is 6.85. The fourth-order valence-corrected chi connectivity index (χ4v) is 5.12. The largest absolute Gasteiger partial charge is 0.353 e. The Balaban J connectivity index is 1.21. The van der Waals surface area contributed by atoms with Gasteiger partial charge in [-0.3, -0.25) is 4.79 Å². The number of amides is 1. The van der Waals surface area contributed by atoms with Crippen LogP contribution in [0.2, 0.25) is 5.02 Å². The molecule has 1 heterocycles. The lowest BCUT2D eigenvalue weighted by Gasteiger charge is -2.31. The van der Waals surface area contributed by atoms with E-state index in [4.69, 9.17) is 11.6 Å². The standard InChI is InChI=1S/C23H33ClN2O/c1-16-15-26(13-11-18-6-7-20(24)14-22(16)18)12-10-17-2-8-21(9-3-17)25-23(27)19-4-5-19/h6-7,14,16-17,19,21H,2-5,8-13,15H2,1H3,(H,25,27)/t16-,17?,21?/m0/s1. The Hall–Kier alpha value is -1.06. The van der Waals surface area contributed by atoms with Crippen molar-refractivity contribution in [1.29, 1.82) is 0 Å². The van der Waals surface area contributed by atoms with Gasteiger partial charge in [-0.1, -0.05) is 24.6 Å². The summed E-state index contributed by atoms with van der Waals surface area (Å²) in [5.41, 5.74) is 2.92. The van der Waals surface area contributed by atoms with E-state index in [1.807, 2.05) is 6.07 Å². The summed E-state index contributed by atoms with van der Waals surface area (Å²) in [6.45, 7) is 5.84. The molecule has 1 aromatic carbocycles.